The van der Waals surface area contributed by atoms with Gasteiger partial charge >= 0.3 is 0 Å². The van der Waals surface area contributed by atoms with Crippen LogP contribution >= 0.6 is 11.3 Å². The van der Waals surface area contributed by atoms with Gasteiger partial charge in [0.2, 0.25) is 0 Å². The summed E-state index contributed by atoms with van der Waals surface area (Å²) in [5.74, 6) is 0.387. The lowest BCUT2D eigenvalue weighted by Crippen LogP contribution is -2.09. The molecule has 1 aromatic heterocycles. The van der Waals surface area contributed by atoms with Gasteiger partial charge in [-0.2, -0.15) is 0 Å². The fraction of sp³-hybridized carbons (Fsp3) is 0.438. The van der Waals surface area contributed by atoms with E-state index in [0.29, 0.717) is 12.3 Å². The highest BCUT2D eigenvalue weighted by Crippen LogP contribution is 2.29. The van der Waals surface area contributed by atoms with Crippen LogP contribution in [0.2, 0.25) is 0 Å². The fourth-order valence-electron chi connectivity index (χ4n) is 2.20. The summed E-state index contributed by atoms with van der Waals surface area (Å²) < 4.78 is 5.49. The van der Waals surface area contributed by atoms with E-state index in [0.717, 1.165) is 16.3 Å². The number of hydrogen-bond donors (Lipinski definition) is 1. The van der Waals surface area contributed by atoms with Crippen molar-refractivity contribution in [1.82, 2.24) is 4.98 Å². The predicted molar refractivity (Wildman–Crippen MR) is 81.8 cm³/mol. The Hall–Kier alpha value is -1.23. The van der Waals surface area contributed by atoms with Crippen LogP contribution in [0, 0.1) is 5.92 Å². The number of aromatic nitrogens is 1. The number of aliphatic hydroxyl groups is 1. The lowest BCUT2D eigenvalue weighted by atomic mass is 10.1. The van der Waals surface area contributed by atoms with Crippen molar-refractivity contribution in [3.63, 3.8) is 0 Å². The molecule has 0 radical (unpaired) electrons. The molecule has 108 valence electrons. The molecule has 2 unspecified atom stereocenters. The van der Waals surface area contributed by atoms with Crippen molar-refractivity contribution in [2.45, 2.75) is 32.5 Å². The van der Waals surface area contributed by atoms with Gasteiger partial charge in [0.25, 0.3) is 0 Å². The van der Waals surface area contributed by atoms with Crippen molar-refractivity contribution in [3.05, 3.63) is 52.0 Å². The van der Waals surface area contributed by atoms with Crippen LogP contribution in [-0.2, 0) is 11.2 Å². The van der Waals surface area contributed by atoms with Crippen molar-refractivity contribution >= 4 is 11.3 Å². The summed E-state index contributed by atoms with van der Waals surface area (Å²) in [5, 5.41) is 13.2. The molecule has 4 heteroatoms. The van der Waals surface area contributed by atoms with Gasteiger partial charge in [-0.25, -0.2) is 4.98 Å². The van der Waals surface area contributed by atoms with E-state index in [4.69, 9.17) is 4.74 Å². The van der Waals surface area contributed by atoms with Gasteiger partial charge in [-0.15, -0.1) is 11.3 Å². The Morgan fingerprint density at radius 1 is 1.25 bits per heavy atom. The number of nitrogens with zero attached hydrogens (tertiary/aromatic N) is 1. The Morgan fingerprint density at radius 2 is 1.95 bits per heavy atom. The van der Waals surface area contributed by atoms with Gasteiger partial charge in [-0.05, 0) is 11.5 Å². The van der Waals surface area contributed by atoms with Crippen LogP contribution in [0.3, 0.4) is 0 Å². The quantitative estimate of drug-likeness (QED) is 0.881. The Balaban J connectivity index is 2.06. The number of aliphatic hydroxyl groups excluding tert-OH is 1. The minimum Gasteiger partial charge on any atom is -0.388 e. The number of thiazole rings is 1. The topological polar surface area (TPSA) is 42.4 Å². The number of hydrogen-bond acceptors (Lipinski definition) is 4. The first-order valence-corrected chi connectivity index (χ1v) is 7.70. The molecule has 1 heterocycles. The second-order valence-corrected chi connectivity index (χ2v) is 6.10. The van der Waals surface area contributed by atoms with E-state index >= 15 is 0 Å². The Bertz CT molecular complexity index is 524. The highest BCUT2D eigenvalue weighted by molar-refractivity contribution is 7.09. The van der Waals surface area contributed by atoms with Crippen LogP contribution in [0.15, 0.2) is 35.7 Å². The Labute approximate surface area is 124 Å². The molecule has 2 rings (SSSR count). The third kappa shape index (κ3) is 3.66. The van der Waals surface area contributed by atoms with Crippen molar-refractivity contribution in [3.8, 4) is 0 Å². The summed E-state index contributed by atoms with van der Waals surface area (Å²) in [5.41, 5.74) is 1.85. The average Bonchev–Trinajstić information content (AvgIpc) is 2.88. The molecule has 0 aliphatic heterocycles. The van der Waals surface area contributed by atoms with Crippen molar-refractivity contribution < 1.29 is 9.84 Å². The molecule has 1 aromatic carbocycles. The first kappa shape index (κ1) is 15.2. The molecule has 0 aliphatic carbocycles. The maximum atomic E-state index is 10.2. The van der Waals surface area contributed by atoms with Crippen LogP contribution in [0.5, 0.6) is 0 Å². The maximum absolute atomic E-state index is 10.2. The zero-order chi connectivity index (χ0) is 14.5. The number of methoxy groups -OCH3 is 1. The summed E-state index contributed by atoms with van der Waals surface area (Å²) in [6.07, 6.45) is 0.0588. The molecular formula is C16H21NO2S. The molecule has 0 saturated carbocycles. The van der Waals surface area contributed by atoms with Crippen molar-refractivity contribution in [2.75, 3.05) is 7.11 Å². The maximum Gasteiger partial charge on any atom is 0.122 e. The molecule has 2 atom stereocenters. The minimum absolute atomic E-state index is 0.0302. The van der Waals surface area contributed by atoms with Crippen LogP contribution in [0.4, 0.5) is 0 Å². The molecule has 0 spiro atoms. The largest absolute Gasteiger partial charge is 0.388 e. The monoisotopic (exact) mass is 291 g/mol. The standard InChI is InChI=1S/C16H21NO2S/c1-11(2)15(19-3)16-17-13(10-20-16)9-14(18)12-7-5-4-6-8-12/h4-8,10-11,14-15,18H,9H2,1-3H3. The molecule has 1 N–H and O–H groups in total. The molecule has 0 aliphatic rings. The molecule has 3 nitrogen and oxygen atoms in total. The molecule has 20 heavy (non-hydrogen) atoms. The molecule has 0 amide bonds. The molecule has 0 bridgehead atoms. The van der Waals surface area contributed by atoms with Crippen molar-refractivity contribution in [1.29, 1.82) is 0 Å². The lowest BCUT2D eigenvalue weighted by Gasteiger charge is -2.16. The van der Waals surface area contributed by atoms with Gasteiger partial charge < -0.3 is 9.84 Å². The van der Waals surface area contributed by atoms with Crippen LogP contribution in [0.1, 0.15) is 42.3 Å². The van der Waals surface area contributed by atoms with E-state index in [1.54, 1.807) is 18.4 Å². The Kier molecular flexibility index (Phi) is 5.29. The van der Waals surface area contributed by atoms with Crippen LogP contribution < -0.4 is 0 Å². The zero-order valence-corrected chi connectivity index (χ0v) is 12.9. The fourth-order valence-corrected chi connectivity index (χ4v) is 3.27. The summed E-state index contributed by atoms with van der Waals surface area (Å²) >= 11 is 1.60. The normalized spacial score (nSPS) is 14.4. The third-order valence-corrected chi connectivity index (χ3v) is 4.21. The van der Waals surface area contributed by atoms with Gasteiger partial charge in [0, 0.05) is 18.9 Å². The zero-order valence-electron chi connectivity index (χ0n) is 12.1. The summed E-state index contributed by atoms with van der Waals surface area (Å²) in [6.45, 7) is 4.24. The number of rotatable bonds is 6. The van der Waals surface area contributed by atoms with Gasteiger partial charge in [-0.1, -0.05) is 44.2 Å². The van der Waals surface area contributed by atoms with Gasteiger partial charge in [0.15, 0.2) is 0 Å². The highest BCUT2D eigenvalue weighted by Gasteiger charge is 2.19. The highest BCUT2D eigenvalue weighted by atomic mass is 32.1. The van der Waals surface area contributed by atoms with Crippen LogP contribution in [0.25, 0.3) is 0 Å². The smallest absolute Gasteiger partial charge is 0.122 e. The average molecular weight is 291 g/mol. The van der Waals surface area contributed by atoms with E-state index in [-0.39, 0.29) is 6.10 Å². The first-order chi connectivity index (χ1) is 9.61. The first-order valence-electron chi connectivity index (χ1n) is 6.82. The van der Waals surface area contributed by atoms with Gasteiger partial charge in [0.1, 0.15) is 11.1 Å². The molecule has 2 aromatic rings. The second kappa shape index (κ2) is 6.97. The number of ether oxygens (including phenoxy) is 1. The second-order valence-electron chi connectivity index (χ2n) is 5.21. The lowest BCUT2D eigenvalue weighted by molar-refractivity contribution is 0.0642. The van der Waals surface area contributed by atoms with E-state index in [9.17, 15) is 5.11 Å². The van der Waals surface area contributed by atoms with Crippen molar-refractivity contribution in [2.24, 2.45) is 5.92 Å². The minimum atomic E-state index is -0.508. The summed E-state index contributed by atoms with van der Waals surface area (Å²) in [6, 6.07) is 9.69. The van der Waals surface area contributed by atoms with Gasteiger partial charge in [0.05, 0.1) is 11.8 Å². The molecule has 0 fully saturated rings. The SMILES string of the molecule is COC(c1nc(CC(O)c2ccccc2)cs1)C(C)C. The van der Waals surface area contributed by atoms with E-state index in [1.165, 1.54) is 0 Å². The van der Waals surface area contributed by atoms with Crippen LogP contribution in [-0.4, -0.2) is 17.2 Å². The van der Waals surface area contributed by atoms with E-state index in [2.05, 4.69) is 18.8 Å². The predicted octanol–water partition coefficient (Wildman–Crippen LogP) is 3.76. The third-order valence-electron chi connectivity index (χ3n) is 3.26. The summed E-state index contributed by atoms with van der Waals surface area (Å²) in [7, 11) is 1.71. The summed E-state index contributed by atoms with van der Waals surface area (Å²) in [4.78, 5) is 4.60. The molecule has 0 saturated heterocycles. The number of benzene rings is 1. The molecular weight excluding hydrogens is 270 g/mol. The van der Waals surface area contributed by atoms with E-state index < -0.39 is 6.10 Å². The van der Waals surface area contributed by atoms with Gasteiger partial charge in [-0.3, -0.25) is 0 Å². The Morgan fingerprint density at radius 3 is 2.55 bits per heavy atom. The van der Waals surface area contributed by atoms with E-state index in [1.807, 2.05) is 35.7 Å².